The lowest BCUT2D eigenvalue weighted by Crippen LogP contribution is -2.04. The molecule has 17 heavy (non-hydrogen) atoms. The molecule has 0 spiro atoms. The van der Waals surface area contributed by atoms with Crippen molar-refractivity contribution in [1.29, 1.82) is 0 Å². The van der Waals surface area contributed by atoms with E-state index in [4.69, 9.17) is 4.42 Å². The van der Waals surface area contributed by atoms with Gasteiger partial charge in [0.25, 0.3) is 0 Å². The monoisotopic (exact) mass is 233 g/mol. The SMILES string of the molecule is CCc1nccn1Cc1cc(CNC)oc1C. The van der Waals surface area contributed by atoms with Crippen LogP contribution in [-0.2, 0) is 19.5 Å². The molecule has 0 aromatic carbocycles. The van der Waals surface area contributed by atoms with Gasteiger partial charge < -0.3 is 14.3 Å². The third kappa shape index (κ3) is 2.58. The first kappa shape index (κ1) is 11.9. The largest absolute Gasteiger partial charge is 0.465 e. The van der Waals surface area contributed by atoms with Crippen molar-refractivity contribution in [2.24, 2.45) is 0 Å². The van der Waals surface area contributed by atoms with E-state index in [0.29, 0.717) is 0 Å². The van der Waals surface area contributed by atoms with Crippen molar-refractivity contribution in [3.8, 4) is 0 Å². The van der Waals surface area contributed by atoms with E-state index < -0.39 is 0 Å². The van der Waals surface area contributed by atoms with Gasteiger partial charge >= 0.3 is 0 Å². The van der Waals surface area contributed by atoms with E-state index in [9.17, 15) is 0 Å². The molecular weight excluding hydrogens is 214 g/mol. The summed E-state index contributed by atoms with van der Waals surface area (Å²) in [6.45, 7) is 5.73. The van der Waals surface area contributed by atoms with Gasteiger partial charge in [-0.3, -0.25) is 0 Å². The lowest BCUT2D eigenvalue weighted by molar-refractivity contribution is 0.468. The quantitative estimate of drug-likeness (QED) is 0.860. The average molecular weight is 233 g/mol. The van der Waals surface area contributed by atoms with Crippen molar-refractivity contribution < 1.29 is 4.42 Å². The maximum atomic E-state index is 5.68. The number of imidazole rings is 1. The first-order valence-corrected chi connectivity index (χ1v) is 5.97. The second-order valence-electron chi connectivity index (χ2n) is 4.15. The zero-order valence-corrected chi connectivity index (χ0v) is 10.7. The molecule has 0 aliphatic heterocycles. The summed E-state index contributed by atoms with van der Waals surface area (Å²) in [5.74, 6) is 3.09. The highest BCUT2D eigenvalue weighted by Gasteiger charge is 2.09. The minimum Gasteiger partial charge on any atom is -0.465 e. The first-order valence-electron chi connectivity index (χ1n) is 5.97. The van der Waals surface area contributed by atoms with Crippen molar-refractivity contribution in [3.05, 3.63) is 41.4 Å². The molecular formula is C13H19N3O. The van der Waals surface area contributed by atoms with Crippen LogP contribution in [0.2, 0.25) is 0 Å². The Morgan fingerprint density at radius 1 is 1.47 bits per heavy atom. The van der Waals surface area contributed by atoms with Gasteiger partial charge in [0.1, 0.15) is 17.3 Å². The van der Waals surface area contributed by atoms with Crippen LogP contribution in [-0.4, -0.2) is 16.6 Å². The van der Waals surface area contributed by atoms with E-state index in [1.807, 2.05) is 26.4 Å². The van der Waals surface area contributed by atoms with E-state index in [1.54, 1.807) is 0 Å². The number of aryl methyl sites for hydroxylation is 2. The minimum atomic E-state index is 0.769. The average Bonchev–Trinajstić information content (AvgIpc) is 2.88. The molecule has 2 aromatic heterocycles. The summed E-state index contributed by atoms with van der Waals surface area (Å²) in [5, 5.41) is 3.09. The molecule has 2 heterocycles. The summed E-state index contributed by atoms with van der Waals surface area (Å²) in [4.78, 5) is 4.32. The number of hydrogen-bond acceptors (Lipinski definition) is 3. The Hall–Kier alpha value is -1.55. The van der Waals surface area contributed by atoms with E-state index in [0.717, 1.165) is 36.9 Å². The molecule has 0 fully saturated rings. The predicted molar refractivity (Wildman–Crippen MR) is 66.9 cm³/mol. The highest BCUT2D eigenvalue weighted by Crippen LogP contribution is 2.16. The van der Waals surface area contributed by atoms with Gasteiger partial charge in [0.2, 0.25) is 0 Å². The molecule has 0 unspecified atom stereocenters. The van der Waals surface area contributed by atoms with Crippen LogP contribution < -0.4 is 5.32 Å². The fourth-order valence-corrected chi connectivity index (χ4v) is 1.99. The Morgan fingerprint density at radius 3 is 3.00 bits per heavy atom. The van der Waals surface area contributed by atoms with E-state index in [1.165, 1.54) is 5.56 Å². The van der Waals surface area contributed by atoms with Crippen LogP contribution in [0.15, 0.2) is 22.9 Å². The predicted octanol–water partition coefficient (Wildman–Crippen LogP) is 2.11. The summed E-state index contributed by atoms with van der Waals surface area (Å²) in [6, 6.07) is 2.12. The van der Waals surface area contributed by atoms with E-state index in [-0.39, 0.29) is 0 Å². The molecule has 0 aliphatic rings. The third-order valence-corrected chi connectivity index (χ3v) is 2.88. The number of aromatic nitrogens is 2. The van der Waals surface area contributed by atoms with Crippen LogP contribution in [0.4, 0.5) is 0 Å². The topological polar surface area (TPSA) is 43.0 Å². The van der Waals surface area contributed by atoms with Gasteiger partial charge in [0, 0.05) is 24.4 Å². The van der Waals surface area contributed by atoms with Crippen molar-refractivity contribution in [2.45, 2.75) is 33.4 Å². The van der Waals surface area contributed by atoms with E-state index >= 15 is 0 Å². The fourth-order valence-electron chi connectivity index (χ4n) is 1.99. The lowest BCUT2D eigenvalue weighted by Gasteiger charge is -2.04. The maximum Gasteiger partial charge on any atom is 0.118 e. The second-order valence-corrected chi connectivity index (χ2v) is 4.15. The van der Waals surface area contributed by atoms with Crippen LogP contribution in [0.3, 0.4) is 0 Å². The molecule has 2 rings (SSSR count). The molecule has 0 atom stereocenters. The maximum absolute atomic E-state index is 5.68. The zero-order chi connectivity index (χ0) is 12.3. The summed E-state index contributed by atoms with van der Waals surface area (Å²) in [5.41, 5.74) is 1.22. The second kappa shape index (κ2) is 5.19. The standard InChI is InChI=1S/C13H19N3O/c1-4-13-15-5-6-16(13)9-11-7-12(8-14-3)17-10(11)2/h5-7,14H,4,8-9H2,1-3H3. The molecule has 1 N–H and O–H groups in total. The lowest BCUT2D eigenvalue weighted by atomic mass is 10.2. The first-order chi connectivity index (χ1) is 8.24. The molecule has 0 saturated heterocycles. The molecule has 92 valence electrons. The van der Waals surface area contributed by atoms with Gasteiger partial charge in [-0.1, -0.05) is 6.92 Å². The Bertz CT molecular complexity index is 485. The van der Waals surface area contributed by atoms with Crippen molar-refractivity contribution in [1.82, 2.24) is 14.9 Å². The number of hydrogen-bond donors (Lipinski definition) is 1. The summed E-state index contributed by atoms with van der Waals surface area (Å²) in [6.07, 6.45) is 4.82. The Balaban J connectivity index is 2.18. The molecule has 4 heteroatoms. The normalized spacial score (nSPS) is 11.0. The van der Waals surface area contributed by atoms with Crippen molar-refractivity contribution in [2.75, 3.05) is 7.05 Å². The number of nitrogens with zero attached hydrogens (tertiary/aromatic N) is 2. The number of rotatable bonds is 5. The van der Waals surface area contributed by atoms with Gasteiger partial charge in [-0.25, -0.2) is 4.98 Å². The fraction of sp³-hybridized carbons (Fsp3) is 0.462. The summed E-state index contributed by atoms with van der Waals surface area (Å²) in [7, 11) is 1.92. The van der Waals surface area contributed by atoms with Crippen LogP contribution in [0.25, 0.3) is 0 Å². The molecule has 0 saturated carbocycles. The van der Waals surface area contributed by atoms with Crippen molar-refractivity contribution in [3.63, 3.8) is 0 Å². The Kier molecular flexibility index (Phi) is 3.64. The molecule has 0 amide bonds. The Labute approximate surface area is 102 Å². The van der Waals surface area contributed by atoms with Gasteiger partial charge in [-0.15, -0.1) is 0 Å². The summed E-state index contributed by atoms with van der Waals surface area (Å²) < 4.78 is 7.85. The molecule has 0 aliphatic carbocycles. The molecule has 0 bridgehead atoms. The van der Waals surface area contributed by atoms with Crippen LogP contribution in [0, 0.1) is 6.92 Å². The molecule has 2 aromatic rings. The van der Waals surface area contributed by atoms with Gasteiger partial charge in [0.15, 0.2) is 0 Å². The summed E-state index contributed by atoms with van der Waals surface area (Å²) >= 11 is 0. The van der Waals surface area contributed by atoms with Gasteiger partial charge in [-0.05, 0) is 20.0 Å². The van der Waals surface area contributed by atoms with E-state index in [2.05, 4.69) is 27.9 Å². The zero-order valence-electron chi connectivity index (χ0n) is 10.7. The number of furan rings is 1. The van der Waals surface area contributed by atoms with Crippen LogP contribution in [0.1, 0.15) is 29.8 Å². The smallest absolute Gasteiger partial charge is 0.118 e. The van der Waals surface area contributed by atoms with Crippen LogP contribution in [0.5, 0.6) is 0 Å². The molecule has 4 nitrogen and oxygen atoms in total. The van der Waals surface area contributed by atoms with Crippen LogP contribution >= 0.6 is 0 Å². The van der Waals surface area contributed by atoms with Crippen molar-refractivity contribution >= 4 is 0 Å². The van der Waals surface area contributed by atoms with Gasteiger partial charge in [0.05, 0.1) is 13.1 Å². The Morgan fingerprint density at radius 2 is 2.29 bits per heavy atom. The molecule has 0 radical (unpaired) electrons. The number of nitrogens with one attached hydrogen (secondary N) is 1. The van der Waals surface area contributed by atoms with Gasteiger partial charge in [-0.2, -0.15) is 0 Å². The third-order valence-electron chi connectivity index (χ3n) is 2.88. The minimum absolute atomic E-state index is 0.769. The highest BCUT2D eigenvalue weighted by molar-refractivity contribution is 5.21. The highest BCUT2D eigenvalue weighted by atomic mass is 16.3.